The Morgan fingerprint density at radius 2 is 1.92 bits per heavy atom. The molecule has 0 spiro atoms. The van der Waals surface area contributed by atoms with Crippen LogP contribution in [-0.4, -0.2) is 31.0 Å². The van der Waals surface area contributed by atoms with Crippen molar-refractivity contribution < 1.29 is 9.53 Å². The molecule has 0 radical (unpaired) electrons. The summed E-state index contributed by atoms with van der Waals surface area (Å²) in [6, 6.07) is 13.5. The van der Waals surface area contributed by atoms with Gasteiger partial charge in [-0.3, -0.25) is 9.69 Å². The number of aryl methyl sites for hydroxylation is 1. The SMILES string of the molecule is COc1cccc(C)c1NC(=O)c1cccc(CN2CC=CC2)c1. The van der Waals surface area contributed by atoms with Crippen LogP contribution in [0.25, 0.3) is 0 Å². The minimum Gasteiger partial charge on any atom is -0.495 e. The molecular weight excluding hydrogens is 300 g/mol. The predicted molar refractivity (Wildman–Crippen MR) is 96.5 cm³/mol. The number of anilines is 1. The lowest BCUT2D eigenvalue weighted by Gasteiger charge is -2.16. The molecule has 4 nitrogen and oxygen atoms in total. The normalized spacial score (nSPS) is 13.9. The zero-order chi connectivity index (χ0) is 16.9. The fraction of sp³-hybridized carbons (Fsp3) is 0.250. The Balaban J connectivity index is 1.75. The highest BCUT2D eigenvalue weighted by Gasteiger charge is 2.13. The first-order chi connectivity index (χ1) is 11.7. The van der Waals surface area contributed by atoms with Crippen LogP contribution < -0.4 is 10.1 Å². The molecule has 0 aromatic heterocycles. The Kier molecular flexibility index (Phi) is 4.96. The van der Waals surface area contributed by atoms with Gasteiger partial charge in [-0.25, -0.2) is 0 Å². The smallest absolute Gasteiger partial charge is 0.255 e. The van der Waals surface area contributed by atoms with Crippen LogP contribution in [0.15, 0.2) is 54.6 Å². The molecule has 1 amide bonds. The highest BCUT2D eigenvalue weighted by molar-refractivity contribution is 6.05. The lowest BCUT2D eigenvalue weighted by molar-refractivity contribution is 0.102. The first-order valence-electron chi connectivity index (χ1n) is 8.08. The standard InChI is InChI=1S/C20H22N2O2/c1-15-7-5-10-18(24-2)19(15)21-20(23)17-9-6-8-16(13-17)14-22-11-3-4-12-22/h3-10,13H,11-12,14H2,1-2H3,(H,21,23). The van der Waals surface area contributed by atoms with Crippen molar-refractivity contribution in [1.82, 2.24) is 4.90 Å². The van der Waals surface area contributed by atoms with Crippen molar-refractivity contribution in [3.8, 4) is 5.75 Å². The van der Waals surface area contributed by atoms with Gasteiger partial charge in [-0.2, -0.15) is 0 Å². The highest BCUT2D eigenvalue weighted by atomic mass is 16.5. The lowest BCUT2D eigenvalue weighted by Crippen LogP contribution is -2.20. The number of carbonyl (C=O) groups is 1. The van der Waals surface area contributed by atoms with Gasteiger partial charge >= 0.3 is 0 Å². The quantitative estimate of drug-likeness (QED) is 0.855. The number of hydrogen-bond donors (Lipinski definition) is 1. The number of ether oxygens (including phenoxy) is 1. The number of benzene rings is 2. The van der Waals surface area contributed by atoms with E-state index in [1.165, 1.54) is 0 Å². The minimum atomic E-state index is -0.121. The molecule has 124 valence electrons. The fourth-order valence-corrected chi connectivity index (χ4v) is 2.88. The number of nitrogens with one attached hydrogen (secondary N) is 1. The van der Waals surface area contributed by atoms with Crippen LogP contribution in [-0.2, 0) is 6.54 Å². The van der Waals surface area contributed by atoms with Crippen molar-refractivity contribution >= 4 is 11.6 Å². The monoisotopic (exact) mass is 322 g/mol. The Bertz CT molecular complexity index is 760. The summed E-state index contributed by atoms with van der Waals surface area (Å²) in [4.78, 5) is 15.0. The van der Waals surface area contributed by atoms with Gasteiger partial charge in [0, 0.05) is 25.2 Å². The molecule has 1 heterocycles. The van der Waals surface area contributed by atoms with Crippen molar-refractivity contribution in [1.29, 1.82) is 0 Å². The second-order valence-corrected chi connectivity index (χ2v) is 5.97. The zero-order valence-electron chi connectivity index (χ0n) is 14.1. The van der Waals surface area contributed by atoms with Crippen molar-refractivity contribution in [3.05, 3.63) is 71.3 Å². The largest absolute Gasteiger partial charge is 0.495 e. The number of rotatable bonds is 5. The predicted octanol–water partition coefficient (Wildman–Crippen LogP) is 3.63. The van der Waals surface area contributed by atoms with E-state index in [2.05, 4.69) is 28.4 Å². The molecule has 3 rings (SSSR count). The van der Waals surface area contributed by atoms with Gasteiger partial charge in [0.2, 0.25) is 0 Å². The first kappa shape index (κ1) is 16.3. The maximum Gasteiger partial charge on any atom is 0.255 e. The number of para-hydroxylation sites is 1. The van der Waals surface area contributed by atoms with Crippen LogP contribution in [0.4, 0.5) is 5.69 Å². The van der Waals surface area contributed by atoms with E-state index in [0.717, 1.165) is 36.4 Å². The van der Waals surface area contributed by atoms with Gasteiger partial charge in [0.25, 0.3) is 5.91 Å². The van der Waals surface area contributed by atoms with Crippen molar-refractivity contribution in [3.63, 3.8) is 0 Å². The molecule has 0 aliphatic carbocycles. The van der Waals surface area contributed by atoms with E-state index in [0.29, 0.717) is 11.3 Å². The Labute approximate surface area is 142 Å². The summed E-state index contributed by atoms with van der Waals surface area (Å²) in [7, 11) is 1.61. The maximum absolute atomic E-state index is 12.6. The molecule has 1 aliphatic heterocycles. The second kappa shape index (κ2) is 7.32. The highest BCUT2D eigenvalue weighted by Crippen LogP contribution is 2.28. The van der Waals surface area contributed by atoms with Crippen LogP contribution in [0, 0.1) is 6.92 Å². The number of methoxy groups -OCH3 is 1. The van der Waals surface area contributed by atoms with Gasteiger partial charge in [0.05, 0.1) is 12.8 Å². The number of carbonyl (C=O) groups excluding carboxylic acids is 1. The average molecular weight is 322 g/mol. The van der Waals surface area contributed by atoms with Gasteiger partial charge in [0.15, 0.2) is 0 Å². The topological polar surface area (TPSA) is 41.6 Å². The summed E-state index contributed by atoms with van der Waals surface area (Å²) in [5.41, 5.74) is 3.49. The fourth-order valence-electron chi connectivity index (χ4n) is 2.88. The van der Waals surface area contributed by atoms with E-state index in [9.17, 15) is 4.79 Å². The van der Waals surface area contributed by atoms with Crippen LogP contribution in [0.2, 0.25) is 0 Å². The summed E-state index contributed by atoms with van der Waals surface area (Å²) in [5.74, 6) is 0.548. The van der Waals surface area contributed by atoms with Crippen molar-refractivity contribution in [2.45, 2.75) is 13.5 Å². The van der Waals surface area contributed by atoms with Crippen LogP contribution in [0.3, 0.4) is 0 Å². The van der Waals surface area contributed by atoms with E-state index in [4.69, 9.17) is 4.74 Å². The third kappa shape index (κ3) is 3.66. The Morgan fingerprint density at radius 1 is 1.17 bits per heavy atom. The molecule has 0 bridgehead atoms. The zero-order valence-corrected chi connectivity index (χ0v) is 14.1. The van der Waals surface area contributed by atoms with E-state index < -0.39 is 0 Å². The molecule has 24 heavy (non-hydrogen) atoms. The van der Waals surface area contributed by atoms with Gasteiger partial charge in [0.1, 0.15) is 5.75 Å². The first-order valence-corrected chi connectivity index (χ1v) is 8.08. The van der Waals surface area contributed by atoms with Gasteiger partial charge in [-0.05, 0) is 36.2 Å². The molecule has 0 fully saturated rings. The average Bonchev–Trinajstić information content (AvgIpc) is 3.10. The Morgan fingerprint density at radius 3 is 2.67 bits per heavy atom. The van der Waals surface area contributed by atoms with Gasteiger partial charge in [-0.15, -0.1) is 0 Å². The second-order valence-electron chi connectivity index (χ2n) is 5.97. The molecule has 1 aliphatic rings. The number of nitrogens with zero attached hydrogens (tertiary/aromatic N) is 1. The molecule has 0 atom stereocenters. The minimum absolute atomic E-state index is 0.121. The van der Waals surface area contributed by atoms with E-state index in [1.807, 2.05) is 43.3 Å². The third-order valence-corrected chi connectivity index (χ3v) is 4.18. The van der Waals surface area contributed by atoms with E-state index in [1.54, 1.807) is 7.11 Å². The molecule has 4 heteroatoms. The maximum atomic E-state index is 12.6. The van der Waals surface area contributed by atoms with Gasteiger partial charge in [-0.1, -0.05) is 36.4 Å². The molecule has 0 unspecified atom stereocenters. The molecule has 2 aromatic rings. The van der Waals surface area contributed by atoms with E-state index >= 15 is 0 Å². The Hall–Kier alpha value is -2.59. The summed E-state index contributed by atoms with van der Waals surface area (Å²) >= 11 is 0. The van der Waals surface area contributed by atoms with Crippen molar-refractivity contribution in [2.24, 2.45) is 0 Å². The van der Waals surface area contributed by atoms with Crippen LogP contribution in [0.1, 0.15) is 21.5 Å². The van der Waals surface area contributed by atoms with Crippen LogP contribution >= 0.6 is 0 Å². The van der Waals surface area contributed by atoms with E-state index in [-0.39, 0.29) is 5.91 Å². The molecule has 1 N–H and O–H groups in total. The number of amides is 1. The van der Waals surface area contributed by atoms with Crippen LogP contribution in [0.5, 0.6) is 5.75 Å². The molecule has 0 saturated heterocycles. The third-order valence-electron chi connectivity index (χ3n) is 4.18. The summed E-state index contributed by atoms with van der Waals surface area (Å²) in [5, 5.41) is 2.98. The van der Waals surface area contributed by atoms with Crippen molar-refractivity contribution in [2.75, 3.05) is 25.5 Å². The summed E-state index contributed by atoms with van der Waals surface area (Å²) in [6.45, 7) is 4.74. The summed E-state index contributed by atoms with van der Waals surface area (Å²) in [6.07, 6.45) is 4.34. The summed E-state index contributed by atoms with van der Waals surface area (Å²) < 4.78 is 5.35. The molecule has 2 aromatic carbocycles. The number of hydrogen-bond acceptors (Lipinski definition) is 3. The lowest BCUT2D eigenvalue weighted by atomic mass is 10.1. The van der Waals surface area contributed by atoms with Gasteiger partial charge < -0.3 is 10.1 Å². The molecular formula is C20H22N2O2. The molecule has 0 saturated carbocycles.